The molecule has 12 heterocycles. The van der Waals surface area contributed by atoms with E-state index in [1.165, 1.54) is 98.3 Å². The van der Waals surface area contributed by atoms with Gasteiger partial charge in [0.25, 0.3) is 0 Å². The molecule has 0 saturated carbocycles. The Labute approximate surface area is 886 Å². The molecule has 3 aliphatic rings. The number of pyridine rings is 1. The Morgan fingerprint density at radius 3 is 0.828 bits per heavy atom. The van der Waals surface area contributed by atoms with Crippen molar-refractivity contribution in [3.05, 3.63) is 444 Å². The number of anilines is 3. The number of rotatable bonds is 12. The zero-order chi connectivity index (χ0) is 96.3. The van der Waals surface area contributed by atoms with Crippen LogP contribution in [0.4, 0.5) is 17.1 Å². The van der Waals surface area contributed by atoms with Crippen LogP contribution in [0.2, 0.25) is 0 Å². The second kappa shape index (κ2) is 37.2. The third-order valence-electron chi connectivity index (χ3n) is 28.0. The molecule has 724 valence electrons. The van der Waals surface area contributed by atoms with Crippen LogP contribution >= 0.6 is 0 Å². The summed E-state index contributed by atoms with van der Waals surface area (Å²) in [4.78, 5) is 17.8. The van der Waals surface area contributed by atoms with E-state index in [0.29, 0.717) is 0 Å². The molecule has 15 aromatic carbocycles. The molecule has 24 aromatic rings. The van der Waals surface area contributed by atoms with Crippen LogP contribution in [0, 0.1) is 56.4 Å². The van der Waals surface area contributed by atoms with Crippen molar-refractivity contribution < 1.29 is 63.2 Å². The van der Waals surface area contributed by atoms with E-state index in [4.69, 9.17) is 0 Å². The van der Waals surface area contributed by atoms with Crippen molar-refractivity contribution in [2.24, 2.45) is 0 Å². The summed E-state index contributed by atoms with van der Waals surface area (Å²) in [6.45, 7) is 26.7. The Kier molecular flexibility index (Phi) is 24.3. The molecule has 0 spiro atoms. The molecule has 0 amide bonds. The molecule has 0 aliphatic carbocycles. The zero-order valence-corrected chi connectivity index (χ0v) is 88.8. The minimum absolute atomic E-state index is 0. The monoisotopic (exact) mass is 2420 g/mol. The molecular weight excluding hydrogens is 2320 g/mol. The van der Waals surface area contributed by atoms with E-state index >= 15 is 0 Å². The molecule has 0 radical (unpaired) electrons. The molecule has 9 aromatic heterocycles. The van der Waals surface area contributed by atoms with Crippen LogP contribution in [-0.2, 0) is 79.4 Å². The molecule has 0 saturated heterocycles. The minimum atomic E-state index is -0.0910. The van der Waals surface area contributed by atoms with E-state index in [1.54, 1.807) is 6.20 Å². The Morgan fingerprint density at radius 2 is 0.503 bits per heavy atom. The van der Waals surface area contributed by atoms with Crippen LogP contribution in [0.3, 0.4) is 0 Å². The van der Waals surface area contributed by atoms with Gasteiger partial charge in [0.05, 0.1) is 50.6 Å². The first kappa shape index (κ1) is 94.6. The Morgan fingerprint density at radius 1 is 0.234 bits per heavy atom. The number of para-hydroxylation sites is 9. The second-order valence-electron chi connectivity index (χ2n) is 40.2. The third kappa shape index (κ3) is 16.4. The number of nitrogens with zero attached hydrogens (tertiary/aromatic N) is 17. The van der Waals surface area contributed by atoms with E-state index in [-0.39, 0.29) is 79.4 Å². The first-order chi connectivity index (χ1) is 69.0. The average Bonchev–Trinajstić information content (AvgIpc) is 1.59. The first-order valence-corrected chi connectivity index (χ1v) is 48.3. The number of aromatic nitrogens is 11. The number of benzene rings is 15. The minimum Gasteiger partial charge on any atom is -0.498 e. The van der Waals surface area contributed by atoms with Crippen molar-refractivity contribution in [3.63, 3.8) is 0 Å². The molecule has 0 unspecified atom stereocenters. The summed E-state index contributed by atoms with van der Waals surface area (Å²) in [7, 11) is 6.33. The molecule has 27 rings (SSSR count). The summed E-state index contributed by atoms with van der Waals surface area (Å²) in [5, 5.41) is 23.5. The molecule has 0 bridgehead atoms. The van der Waals surface area contributed by atoms with Crippen molar-refractivity contribution in [1.29, 1.82) is 0 Å². The van der Waals surface area contributed by atoms with Gasteiger partial charge in [-0.05, 0) is 149 Å². The molecule has 0 fully saturated rings. The van der Waals surface area contributed by atoms with Gasteiger partial charge in [-0.15, -0.1) is 146 Å². The zero-order valence-electron chi connectivity index (χ0n) is 82.0. The quantitative estimate of drug-likeness (QED) is 0.111. The van der Waals surface area contributed by atoms with Crippen LogP contribution in [-0.4, -0.2) is 87.8 Å². The third-order valence-corrected chi connectivity index (χ3v) is 28.0. The molecule has 0 atom stereocenters. The molecule has 145 heavy (non-hydrogen) atoms. The van der Waals surface area contributed by atoms with Crippen molar-refractivity contribution in [3.8, 4) is 39.7 Å². The summed E-state index contributed by atoms with van der Waals surface area (Å²) >= 11 is 0. The van der Waals surface area contributed by atoms with Gasteiger partial charge in [-0.25, -0.2) is 0 Å². The fourth-order valence-electron chi connectivity index (χ4n) is 20.9. The predicted molar refractivity (Wildman–Crippen MR) is 584 cm³/mol. The smallest absolute Gasteiger partial charge is 0.0987 e. The van der Waals surface area contributed by atoms with E-state index in [9.17, 15) is 0 Å². The summed E-state index contributed by atoms with van der Waals surface area (Å²) in [6, 6.07) is 137. The topological polar surface area (TPSA) is 97.5 Å². The van der Waals surface area contributed by atoms with E-state index < -0.39 is 0 Å². The summed E-state index contributed by atoms with van der Waals surface area (Å²) in [6.07, 6.45) is 16.0. The number of hydrogen-bond acceptors (Lipinski definition) is 9. The van der Waals surface area contributed by atoms with Gasteiger partial charge in [0.15, 0.2) is 0 Å². The fourth-order valence-corrected chi connectivity index (χ4v) is 20.9. The fraction of sp³-hybridized carbons (Fsp3) is 0.120. The van der Waals surface area contributed by atoms with Crippen LogP contribution in [0.25, 0.3) is 188 Å². The molecule has 20 heteroatoms. The van der Waals surface area contributed by atoms with Crippen molar-refractivity contribution in [1.82, 2.24) is 66.6 Å². The van der Waals surface area contributed by atoms with E-state index in [1.807, 2.05) is 58.4 Å². The van der Waals surface area contributed by atoms with Gasteiger partial charge >= 0.3 is 0 Å². The summed E-state index contributed by atoms with van der Waals surface area (Å²) < 4.78 is 17.7. The largest absolute Gasteiger partial charge is 0.498 e. The maximum atomic E-state index is 4.69. The first-order valence-electron chi connectivity index (χ1n) is 48.3. The Hall–Kier alpha value is -15.2. The predicted octanol–water partition coefficient (Wildman–Crippen LogP) is 28.8. The van der Waals surface area contributed by atoms with Crippen LogP contribution in [0.1, 0.15) is 79.0 Å². The van der Waals surface area contributed by atoms with Crippen LogP contribution < -0.4 is 14.7 Å². The average molecular weight is 2430 g/mol. The Balaban J connectivity index is 0.000000123. The van der Waals surface area contributed by atoms with Gasteiger partial charge in [0, 0.05) is 162 Å². The van der Waals surface area contributed by atoms with Crippen LogP contribution in [0.15, 0.2) is 371 Å². The van der Waals surface area contributed by atoms with Gasteiger partial charge in [-0.1, -0.05) is 266 Å². The number of hydrogen-bond donors (Lipinski definition) is 0. The Bertz CT molecular complexity index is 9100. The molecular formula is C125H100N17Pt3-9. The summed E-state index contributed by atoms with van der Waals surface area (Å²) in [5.41, 5.74) is 26.4. The molecule has 3 aliphatic heterocycles. The summed E-state index contributed by atoms with van der Waals surface area (Å²) in [5.74, 6) is 3.23. The van der Waals surface area contributed by atoms with Crippen molar-refractivity contribution in [2.75, 3.05) is 35.8 Å². The number of fused-ring (bicyclic) bond motifs is 18. The molecule has 0 N–H and O–H groups in total. The van der Waals surface area contributed by atoms with E-state index in [2.05, 4.69) is 528 Å². The normalized spacial score (nSPS) is 13.6. The SMILES string of the molecule is CN1[CH-]N(c2[c-]c(-n3c4[c-]c(-n5cccn5)ccc4c4ccccc43)cc(C(C)(C)C)c2)C=C1n1c2ccccc2c2ccccc21.CN1[CH-]N(c2[c-]c3c(cc2)c2ccccc2n3-c2[c-]c(-c3ccccn3)cc(C(C)(C)C)c2)C=C1n1c2ccccc2c2ccccc21.CN1[CH-]N(c2[c-]c3c(cc2)c2ccccc2n3-c2[c-]c(-n3cccn3)cc(C(C)(C)C)c2)C=C1n1c2ccccc2c2ccccc21.[Pt].[Pt].[Pt]. The van der Waals surface area contributed by atoms with Gasteiger partial charge in [0.1, 0.15) is 0 Å². The van der Waals surface area contributed by atoms with Gasteiger partial charge in [0.2, 0.25) is 0 Å². The van der Waals surface area contributed by atoms with Crippen molar-refractivity contribution in [2.45, 2.75) is 78.6 Å². The van der Waals surface area contributed by atoms with Gasteiger partial charge < -0.3 is 48.1 Å². The molecule has 17 nitrogen and oxygen atoms in total. The van der Waals surface area contributed by atoms with Crippen LogP contribution in [0.5, 0.6) is 0 Å². The van der Waals surface area contributed by atoms with Crippen molar-refractivity contribution >= 4 is 165 Å². The standard InChI is InChI=1S/C43H34N5.2C41H33N6.3Pt/c1-43(2,3)30-23-29(37-16-11-12-22-44-37)24-32(25-30)47-38-17-8-5-15-35(38)36-21-20-31(26-41(36)47)46-27-42(45(4)28-46)48-39-18-9-6-13-33(39)34-14-7-10-19-40(34)48;1-41(2,3)28-22-30(44-26-40(43(4)27-44)47-37-16-9-6-12-32(37)33-13-7-10-17-38(33)47)24-31(23-28)46-36-15-8-5-14-34(36)35-19-18-29(25-39(35)46)45-21-11-20-42-45;1-41(2,3)28-22-30(45-21-11-20-42-45)24-31(23-28)46-36-15-8-5-14-34(36)35-19-18-29(25-39(35)46)44-26-40(43(4)27-44)47-37-16-9-6-12-32(37)33-13-7-10-17-38(33)47;;;/h5-23,25,27-28H,1-4H3;2*5-23,26-27H,1-4H3;;;/q3*-3;;;. The second-order valence-corrected chi connectivity index (χ2v) is 40.2. The van der Waals surface area contributed by atoms with Gasteiger partial charge in [-0.2, -0.15) is 48.4 Å². The maximum absolute atomic E-state index is 4.69. The van der Waals surface area contributed by atoms with E-state index in [0.717, 1.165) is 123 Å². The maximum Gasteiger partial charge on any atom is 0.0987 e. The van der Waals surface area contributed by atoms with Gasteiger partial charge in [-0.3, -0.25) is 23.1 Å².